The fourth-order valence-electron chi connectivity index (χ4n) is 7.21. The molecule has 0 aromatic rings. The number of hydrogen-bond donors (Lipinski definition) is 0. The summed E-state index contributed by atoms with van der Waals surface area (Å²) in [7, 11) is 0.689. The van der Waals surface area contributed by atoms with Crippen LogP contribution in [0.1, 0.15) is 149 Å². The molecule has 3 heteroatoms. The Morgan fingerprint density at radius 1 is 0.514 bits per heavy atom. The van der Waals surface area contributed by atoms with Crippen molar-refractivity contribution in [2.75, 3.05) is 12.3 Å². The van der Waals surface area contributed by atoms with E-state index in [1.54, 1.807) is 141 Å². The summed E-state index contributed by atoms with van der Waals surface area (Å²) in [5.41, 5.74) is 4.80. The van der Waals surface area contributed by atoms with E-state index >= 15 is 0 Å². The van der Waals surface area contributed by atoms with Crippen LogP contribution in [-0.4, -0.2) is 35.0 Å². The quantitative estimate of drug-likeness (QED) is 0.183. The third-order valence-electron chi connectivity index (χ3n) is 9.22. The molecule has 35 heavy (non-hydrogen) atoms. The minimum atomic E-state index is 0. The van der Waals surface area contributed by atoms with E-state index in [0.29, 0.717) is 15.8 Å². The van der Waals surface area contributed by atoms with Crippen LogP contribution in [0.5, 0.6) is 0 Å². The molecular formula is C32H58P2Pt. The van der Waals surface area contributed by atoms with Crippen LogP contribution in [0.25, 0.3) is 0 Å². The second-order valence-corrected chi connectivity index (χ2v) is 18.9. The molecule has 4 fully saturated rings. The van der Waals surface area contributed by atoms with Crippen LogP contribution in [0.2, 0.25) is 0 Å². The van der Waals surface area contributed by atoms with Crippen molar-refractivity contribution in [3.63, 3.8) is 0 Å². The van der Waals surface area contributed by atoms with Gasteiger partial charge in [0.05, 0.1) is 0 Å². The van der Waals surface area contributed by atoms with E-state index in [-0.39, 0.29) is 26.5 Å². The molecule has 0 saturated heterocycles. The Morgan fingerprint density at radius 2 is 0.714 bits per heavy atom. The van der Waals surface area contributed by atoms with Crippen molar-refractivity contribution in [1.29, 1.82) is 0 Å². The Kier molecular flexibility index (Phi) is 16.3. The summed E-state index contributed by atoms with van der Waals surface area (Å²) in [5.74, 6) is 2.60. The van der Waals surface area contributed by atoms with E-state index in [4.69, 9.17) is 6.42 Å². The summed E-state index contributed by atoms with van der Waals surface area (Å²) in [5, 5.41) is 0. The van der Waals surface area contributed by atoms with E-state index in [1.165, 1.54) is 22.6 Å². The molecule has 0 nitrogen and oxygen atoms in total. The van der Waals surface area contributed by atoms with Crippen LogP contribution >= 0.6 is 15.8 Å². The van der Waals surface area contributed by atoms with Gasteiger partial charge in [-0.3, -0.25) is 0 Å². The predicted molar refractivity (Wildman–Crippen MR) is 159 cm³/mol. The van der Waals surface area contributed by atoms with Crippen LogP contribution in [-0.2, 0) is 21.1 Å². The van der Waals surface area contributed by atoms with Crippen LogP contribution in [0.15, 0.2) is 0 Å². The molecule has 0 heterocycles. The molecule has 0 aromatic heterocycles. The normalized spacial score (nSPS) is 23.9. The molecule has 0 bridgehead atoms. The molecule has 4 aliphatic carbocycles. The Morgan fingerprint density at radius 3 is 0.886 bits per heavy atom. The van der Waals surface area contributed by atoms with Crippen LogP contribution in [0, 0.1) is 17.8 Å². The van der Waals surface area contributed by atoms with E-state index in [2.05, 4.69) is 5.92 Å². The molecule has 0 unspecified atom stereocenters. The van der Waals surface area contributed by atoms with Gasteiger partial charge in [-0.25, -0.2) is 0 Å². The molecule has 206 valence electrons. The fraction of sp³-hybridized carbons (Fsp3) is 0.938. The van der Waals surface area contributed by atoms with Crippen molar-refractivity contribution in [2.24, 2.45) is 5.41 Å². The first kappa shape index (κ1) is 32.3. The first-order valence-corrected chi connectivity index (χ1v) is 18.8. The molecule has 0 radical (unpaired) electrons. The maximum absolute atomic E-state index is 5.06. The predicted octanol–water partition coefficient (Wildman–Crippen LogP) is 10.9. The van der Waals surface area contributed by atoms with Crippen molar-refractivity contribution in [2.45, 2.75) is 172 Å². The molecule has 0 atom stereocenters. The van der Waals surface area contributed by atoms with E-state index < -0.39 is 0 Å². The van der Waals surface area contributed by atoms with Gasteiger partial charge < -0.3 is 0 Å². The molecule has 0 spiro atoms. The molecule has 0 aliphatic heterocycles. The number of rotatable bonds is 7. The first-order chi connectivity index (χ1) is 16.5. The summed E-state index contributed by atoms with van der Waals surface area (Å²) < 4.78 is 0. The zero-order valence-electron chi connectivity index (χ0n) is 23.7. The summed E-state index contributed by atoms with van der Waals surface area (Å²) >= 11 is 0. The van der Waals surface area contributed by atoms with Crippen molar-refractivity contribution < 1.29 is 21.1 Å². The van der Waals surface area contributed by atoms with E-state index in [1.807, 2.05) is 20.8 Å². The Labute approximate surface area is 237 Å². The van der Waals surface area contributed by atoms with Gasteiger partial charge >= 0.3 is 0 Å². The molecule has 4 aliphatic rings. The Balaban J connectivity index is 0.000000552. The van der Waals surface area contributed by atoms with Crippen molar-refractivity contribution in [3.05, 3.63) is 0 Å². The smallest absolute Gasteiger partial charge is 0.0227 e. The SMILES string of the molecule is C#CC(C)(C)C.C1CCC(P(CCP(C2CCCCC2)C2CCCCC2)C2CCCCC2)CC1.[Pt]. The number of hydrogen-bond acceptors (Lipinski definition) is 0. The van der Waals surface area contributed by atoms with Gasteiger partial charge in [-0.1, -0.05) is 92.9 Å². The van der Waals surface area contributed by atoms with Crippen molar-refractivity contribution >= 4 is 15.8 Å². The maximum atomic E-state index is 5.06. The maximum Gasteiger partial charge on any atom is 0.0227 e. The minimum Gasteiger partial charge on any atom is -0.120 e. The van der Waals surface area contributed by atoms with Gasteiger partial charge in [-0.2, -0.15) is 0 Å². The van der Waals surface area contributed by atoms with Crippen molar-refractivity contribution in [3.8, 4) is 12.3 Å². The first-order valence-electron chi connectivity index (χ1n) is 15.5. The summed E-state index contributed by atoms with van der Waals surface area (Å²) in [6.45, 7) is 6.02. The third-order valence-corrected chi connectivity index (χ3v) is 16.9. The Hall–Kier alpha value is 1.11. The van der Waals surface area contributed by atoms with Crippen LogP contribution in [0.3, 0.4) is 0 Å². The van der Waals surface area contributed by atoms with Gasteiger partial charge in [-0.05, 0) is 107 Å². The zero-order chi connectivity index (χ0) is 24.2. The largest absolute Gasteiger partial charge is 0.120 e. The van der Waals surface area contributed by atoms with Gasteiger partial charge in [0.15, 0.2) is 0 Å². The number of terminal acetylenes is 1. The van der Waals surface area contributed by atoms with Gasteiger partial charge in [0, 0.05) is 26.5 Å². The monoisotopic (exact) mass is 699 g/mol. The second-order valence-electron chi connectivity index (χ2n) is 13.0. The molecule has 0 aromatic carbocycles. The summed E-state index contributed by atoms with van der Waals surface area (Å²) in [6, 6.07) is 0. The van der Waals surface area contributed by atoms with E-state index in [9.17, 15) is 0 Å². The second kappa shape index (κ2) is 17.6. The third kappa shape index (κ3) is 11.8. The van der Waals surface area contributed by atoms with Gasteiger partial charge in [0.2, 0.25) is 0 Å². The molecule has 0 amide bonds. The summed E-state index contributed by atoms with van der Waals surface area (Å²) in [6.07, 6.45) is 40.1. The zero-order valence-corrected chi connectivity index (χ0v) is 27.7. The molecule has 0 N–H and O–H groups in total. The van der Waals surface area contributed by atoms with E-state index in [0.717, 1.165) is 0 Å². The summed E-state index contributed by atoms with van der Waals surface area (Å²) in [4.78, 5) is 0. The molecule has 4 rings (SSSR count). The average Bonchev–Trinajstić information content (AvgIpc) is 2.89. The Bertz CT molecular complexity index is 491. The fourth-order valence-corrected chi connectivity index (χ4v) is 15.8. The molecule has 4 saturated carbocycles. The molecular weight excluding hydrogens is 641 g/mol. The van der Waals surface area contributed by atoms with Gasteiger partial charge in [0.25, 0.3) is 0 Å². The van der Waals surface area contributed by atoms with Crippen LogP contribution < -0.4 is 0 Å². The minimum absolute atomic E-state index is 0. The van der Waals surface area contributed by atoms with Gasteiger partial charge in [0.1, 0.15) is 0 Å². The topological polar surface area (TPSA) is 0 Å². The average molecular weight is 700 g/mol. The standard InChI is InChI=1S/C26H48P2.C6H10.Pt/c1-5-13-23(14-6-1)27(24-15-7-2-8-16-24)21-22-28(25-17-9-3-10-18-25)26-19-11-4-12-20-26;1-5-6(2,3)4;/h23-26H,1-22H2;1H,2-4H3;. The van der Waals surface area contributed by atoms with Gasteiger partial charge in [-0.15, -0.1) is 12.3 Å². The van der Waals surface area contributed by atoms with Crippen LogP contribution in [0.4, 0.5) is 0 Å². The van der Waals surface area contributed by atoms with Crippen molar-refractivity contribution in [1.82, 2.24) is 0 Å².